The number of hydrogen-bond acceptors (Lipinski definition) is 4. The Morgan fingerprint density at radius 3 is 2.67 bits per heavy atom. The van der Waals surface area contributed by atoms with Gasteiger partial charge in [0.05, 0.1) is 17.0 Å². The minimum absolute atomic E-state index is 0.0715. The molecule has 2 rings (SSSR count). The number of nitrogens with one attached hydrogen (secondary N) is 1. The zero-order valence-electron chi connectivity index (χ0n) is 9.76. The normalized spacial score (nSPS) is 19.0. The highest BCUT2D eigenvalue weighted by Gasteiger charge is 2.37. The van der Waals surface area contributed by atoms with Gasteiger partial charge in [0.25, 0.3) is 0 Å². The van der Waals surface area contributed by atoms with E-state index in [0.717, 1.165) is 12.8 Å². The maximum absolute atomic E-state index is 12.2. The van der Waals surface area contributed by atoms with E-state index in [2.05, 4.69) is 9.71 Å². The number of sulfonamides is 1. The number of aromatic nitrogens is 1. The fourth-order valence-electron chi connectivity index (χ4n) is 2.24. The van der Waals surface area contributed by atoms with Crippen molar-refractivity contribution in [3.63, 3.8) is 0 Å². The third-order valence-corrected chi connectivity index (χ3v) is 5.01. The molecule has 2 N–H and O–H groups in total. The number of halogens is 1. The van der Waals surface area contributed by atoms with Crippen molar-refractivity contribution in [1.82, 2.24) is 9.71 Å². The molecule has 1 aromatic rings. The molecule has 0 saturated heterocycles. The molecule has 5 nitrogen and oxygen atoms in total. The van der Waals surface area contributed by atoms with E-state index in [1.807, 2.05) is 0 Å². The van der Waals surface area contributed by atoms with Gasteiger partial charge >= 0.3 is 0 Å². The van der Waals surface area contributed by atoms with E-state index in [1.165, 1.54) is 18.3 Å². The first-order valence-corrected chi connectivity index (χ1v) is 7.60. The summed E-state index contributed by atoms with van der Waals surface area (Å²) in [6, 6.07) is 2.68. The maximum atomic E-state index is 12.2. The van der Waals surface area contributed by atoms with Crippen LogP contribution in [0.4, 0.5) is 0 Å². The summed E-state index contributed by atoms with van der Waals surface area (Å²) < 4.78 is 27.0. The third-order valence-electron chi connectivity index (χ3n) is 3.22. The Balaban J connectivity index is 2.27. The van der Waals surface area contributed by atoms with Crippen LogP contribution in [0.2, 0.25) is 5.15 Å². The molecule has 18 heavy (non-hydrogen) atoms. The van der Waals surface area contributed by atoms with E-state index >= 15 is 0 Å². The summed E-state index contributed by atoms with van der Waals surface area (Å²) in [5.41, 5.74) is -0.728. The van der Waals surface area contributed by atoms with Crippen LogP contribution in [0.1, 0.15) is 25.7 Å². The molecule has 1 aliphatic rings. The Kier molecular flexibility index (Phi) is 3.91. The van der Waals surface area contributed by atoms with Crippen LogP contribution in [0, 0.1) is 0 Å². The van der Waals surface area contributed by atoms with Gasteiger partial charge in [0.2, 0.25) is 10.0 Å². The molecule has 1 heterocycles. The van der Waals surface area contributed by atoms with Crippen molar-refractivity contribution in [2.75, 3.05) is 6.61 Å². The van der Waals surface area contributed by atoms with Crippen LogP contribution in [0.25, 0.3) is 0 Å². The zero-order valence-corrected chi connectivity index (χ0v) is 11.3. The van der Waals surface area contributed by atoms with Crippen molar-refractivity contribution in [1.29, 1.82) is 0 Å². The second-order valence-electron chi connectivity index (χ2n) is 4.57. The minimum atomic E-state index is -3.67. The summed E-state index contributed by atoms with van der Waals surface area (Å²) in [6.45, 7) is -0.189. The average Bonchev–Trinajstić information content (AvgIpc) is 2.77. The van der Waals surface area contributed by atoms with Gasteiger partial charge in [0, 0.05) is 6.20 Å². The molecule has 0 aromatic carbocycles. The number of aliphatic hydroxyl groups excluding tert-OH is 1. The lowest BCUT2D eigenvalue weighted by Crippen LogP contribution is -2.49. The van der Waals surface area contributed by atoms with Gasteiger partial charge < -0.3 is 5.11 Å². The fourth-order valence-corrected chi connectivity index (χ4v) is 3.94. The van der Waals surface area contributed by atoms with Crippen LogP contribution in [-0.2, 0) is 10.0 Å². The molecule has 1 fully saturated rings. The lowest BCUT2D eigenvalue weighted by molar-refractivity contribution is 0.185. The molecule has 0 atom stereocenters. The van der Waals surface area contributed by atoms with E-state index in [9.17, 15) is 13.5 Å². The second kappa shape index (κ2) is 5.13. The van der Waals surface area contributed by atoms with Crippen molar-refractivity contribution in [2.24, 2.45) is 0 Å². The highest BCUT2D eigenvalue weighted by Crippen LogP contribution is 2.30. The van der Waals surface area contributed by atoms with Crippen molar-refractivity contribution >= 4 is 21.6 Å². The Labute approximate surface area is 111 Å². The Morgan fingerprint density at radius 2 is 2.11 bits per heavy atom. The SMILES string of the molecule is O=S(=O)(NC1(CO)CCCC1)c1ccnc(Cl)c1. The van der Waals surface area contributed by atoms with Crippen molar-refractivity contribution < 1.29 is 13.5 Å². The Bertz CT molecular complexity index is 527. The summed E-state index contributed by atoms with van der Waals surface area (Å²) in [6.07, 6.45) is 4.49. The highest BCUT2D eigenvalue weighted by atomic mass is 35.5. The quantitative estimate of drug-likeness (QED) is 0.820. The van der Waals surface area contributed by atoms with Crippen LogP contribution in [0.15, 0.2) is 23.2 Å². The van der Waals surface area contributed by atoms with Gasteiger partial charge in [-0.15, -0.1) is 0 Å². The summed E-state index contributed by atoms with van der Waals surface area (Å²) in [7, 11) is -3.67. The van der Waals surface area contributed by atoms with Crippen LogP contribution >= 0.6 is 11.6 Å². The van der Waals surface area contributed by atoms with E-state index in [1.54, 1.807) is 0 Å². The molecule has 0 amide bonds. The fraction of sp³-hybridized carbons (Fsp3) is 0.545. The van der Waals surface area contributed by atoms with Crippen molar-refractivity contribution in [3.05, 3.63) is 23.5 Å². The van der Waals surface area contributed by atoms with E-state index in [4.69, 9.17) is 11.6 Å². The van der Waals surface area contributed by atoms with E-state index in [-0.39, 0.29) is 16.7 Å². The van der Waals surface area contributed by atoms with E-state index in [0.29, 0.717) is 12.8 Å². The molecular formula is C11H15ClN2O3S. The summed E-state index contributed by atoms with van der Waals surface area (Å²) in [4.78, 5) is 3.82. The standard InChI is InChI=1S/C11H15ClN2O3S/c12-10-7-9(3-6-13-10)18(16,17)14-11(8-15)4-1-2-5-11/h3,6-7,14-15H,1-2,4-5,8H2. The van der Waals surface area contributed by atoms with Gasteiger partial charge in [-0.2, -0.15) is 0 Å². The second-order valence-corrected chi connectivity index (χ2v) is 6.63. The highest BCUT2D eigenvalue weighted by molar-refractivity contribution is 7.89. The van der Waals surface area contributed by atoms with Gasteiger partial charge in [0.1, 0.15) is 5.15 Å². The monoisotopic (exact) mass is 290 g/mol. The number of nitrogens with zero attached hydrogens (tertiary/aromatic N) is 1. The number of pyridine rings is 1. The average molecular weight is 291 g/mol. The number of hydrogen-bond donors (Lipinski definition) is 2. The molecule has 1 saturated carbocycles. The molecular weight excluding hydrogens is 276 g/mol. The van der Waals surface area contributed by atoms with Crippen LogP contribution in [0.5, 0.6) is 0 Å². The lowest BCUT2D eigenvalue weighted by Gasteiger charge is -2.27. The Hall–Kier alpha value is -0.690. The maximum Gasteiger partial charge on any atom is 0.241 e. The van der Waals surface area contributed by atoms with Gasteiger partial charge in [-0.25, -0.2) is 18.1 Å². The molecule has 7 heteroatoms. The predicted octanol–water partition coefficient (Wildman–Crippen LogP) is 1.32. The summed E-state index contributed by atoms with van der Waals surface area (Å²) in [5, 5.41) is 9.54. The first-order chi connectivity index (χ1) is 8.47. The molecule has 0 unspecified atom stereocenters. The van der Waals surface area contributed by atoms with Crippen molar-refractivity contribution in [2.45, 2.75) is 36.1 Å². The number of aliphatic hydroxyl groups is 1. The molecule has 100 valence electrons. The van der Waals surface area contributed by atoms with E-state index < -0.39 is 15.6 Å². The molecule has 1 aliphatic carbocycles. The van der Waals surface area contributed by atoms with Gasteiger partial charge in [-0.1, -0.05) is 24.4 Å². The molecule has 0 aliphatic heterocycles. The minimum Gasteiger partial charge on any atom is -0.394 e. The molecule has 1 aromatic heterocycles. The zero-order chi connectivity index (χ0) is 13.2. The molecule has 0 bridgehead atoms. The predicted molar refractivity (Wildman–Crippen MR) is 67.9 cm³/mol. The third kappa shape index (κ3) is 2.83. The smallest absolute Gasteiger partial charge is 0.241 e. The van der Waals surface area contributed by atoms with Gasteiger partial charge in [-0.3, -0.25) is 0 Å². The number of rotatable bonds is 4. The molecule has 0 radical (unpaired) electrons. The first-order valence-electron chi connectivity index (χ1n) is 5.74. The van der Waals surface area contributed by atoms with Gasteiger partial charge in [-0.05, 0) is 25.0 Å². The summed E-state index contributed by atoms with van der Waals surface area (Å²) >= 11 is 5.68. The first kappa shape index (κ1) is 13.7. The van der Waals surface area contributed by atoms with Crippen LogP contribution in [-0.4, -0.2) is 30.7 Å². The lowest BCUT2D eigenvalue weighted by atomic mass is 10.0. The largest absolute Gasteiger partial charge is 0.394 e. The van der Waals surface area contributed by atoms with Crippen LogP contribution < -0.4 is 4.72 Å². The van der Waals surface area contributed by atoms with Gasteiger partial charge in [0.15, 0.2) is 0 Å². The molecule has 0 spiro atoms. The topological polar surface area (TPSA) is 79.3 Å². The van der Waals surface area contributed by atoms with Crippen molar-refractivity contribution in [3.8, 4) is 0 Å². The Morgan fingerprint density at radius 1 is 1.44 bits per heavy atom. The summed E-state index contributed by atoms with van der Waals surface area (Å²) in [5.74, 6) is 0. The van der Waals surface area contributed by atoms with Crippen LogP contribution in [0.3, 0.4) is 0 Å².